The van der Waals surface area contributed by atoms with Gasteiger partial charge in [0.25, 0.3) is 0 Å². The first-order chi connectivity index (χ1) is 14.6. The third-order valence-corrected chi connectivity index (χ3v) is 6.24. The zero-order valence-electron chi connectivity index (χ0n) is 17.6. The number of likely N-dealkylation sites (tertiary alicyclic amines) is 1. The van der Waals surface area contributed by atoms with Crippen LogP contribution in [0.2, 0.25) is 0 Å². The van der Waals surface area contributed by atoms with Crippen molar-refractivity contribution in [1.82, 2.24) is 14.9 Å². The summed E-state index contributed by atoms with van der Waals surface area (Å²) in [6, 6.07) is 12.4. The molecule has 1 aliphatic heterocycles. The van der Waals surface area contributed by atoms with Crippen LogP contribution in [0, 0.1) is 0 Å². The van der Waals surface area contributed by atoms with Gasteiger partial charge in [-0.3, -0.25) is 4.90 Å². The van der Waals surface area contributed by atoms with E-state index in [2.05, 4.69) is 33.1 Å². The molecular formula is C23H27BrN4O2. The zero-order valence-corrected chi connectivity index (χ0v) is 19.2. The average Bonchev–Trinajstić information content (AvgIpc) is 3.24. The number of nitrogens with zero attached hydrogens (tertiary/aromatic N) is 3. The van der Waals surface area contributed by atoms with Gasteiger partial charge in [-0.15, -0.1) is 0 Å². The van der Waals surface area contributed by atoms with E-state index in [9.17, 15) is 0 Å². The molecule has 1 aromatic heterocycles. The van der Waals surface area contributed by atoms with Gasteiger partial charge < -0.3 is 14.8 Å². The number of hydrogen-bond acceptors (Lipinski definition) is 6. The van der Waals surface area contributed by atoms with E-state index in [1.54, 1.807) is 14.2 Å². The molecule has 7 heteroatoms. The van der Waals surface area contributed by atoms with E-state index < -0.39 is 0 Å². The third-order valence-electron chi connectivity index (χ3n) is 5.71. The topological polar surface area (TPSA) is 59.5 Å². The number of ether oxygens (including phenoxy) is 2. The van der Waals surface area contributed by atoms with Crippen molar-refractivity contribution >= 4 is 32.7 Å². The van der Waals surface area contributed by atoms with E-state index in [1.807, 2.05) is 36.4 Å². The number of nitrogens with one attached hydrogen (secondary N) is 1. The van der Waals surface area contributed by atoms with Crippen LogP contribution >= 0.6 is 15.9 Å². The molecule has 1 N–H and O–H groups in total. The first-order valence-electron chi connectivity index (χ1n) is 10.3. The second-order valence-electron chi connectivity index (χ2n) is 7.43. The number of benzene rings is 2. The monoisotopic (exact) mass is 470 g/mol. The predicted molar refractivity (Wildman–Crippen MR) is 125 cm³/mol. The highest BCUT2D eigenvalue weighted by Gasteiger charge is 2.23. The van der Waals surface area contributed by atoms with E-state index in [0.717, 1.165) is 39.8 Å². The summed E-state index contributed by atoms with van der Waals surface area (Å²) in [6.45, 7) is 5.32. The van der Waals surface area contributed by atoms with Gasteiger partial charge in [-0.25, -0.2) is 9.97 Å². The first-order valence-corrected chi connectivity index (χ1v) is 11.1. The lowest BCUT2D eigenvalue weighted by molar-refractivity contribution is 0.277. The van der Waals surface area contributed by atoms with Crippen LogP contribution in [0.4, 0.5) is 5.82 Å². The maximum absolute atomic E-state index is 5.52. The summed E-state index contributed by atoms with van der Waals surface area (Å²) in [5, 5.41) is 4.53. The molecule has 3 aromatic rings. The van der Waals surface area contributed by atoms with E-state index in [4.69, 9.17) is 19.4 Å². The summed E-state index contributed by atoms with van der Waals surface area (Å²) < 4.78 is 12.0. The number of anilines is 1. The standard InChI is InChI=1S/C23H27BrN4O2/c1-4-28-11-5-6-17(28)14-25-23-18-12-20(29-2)21(30-3)13-19(18)26-22(27-23)15-7-9-16(24)10-8-15/h7-10,12-13,17H,4-6,11,14H2,1-3H3,(H,25,26,27). The fourth-order valence-electron chi connectivity index (χ4n) is 4.08. The molecule has 30 heavy (non-hydrogen) atoms. The molecule has 1 unspecified atom stereocenters. The number of methoxy groups -OCH3 is 2. The van der Waals surface area contributed by atoms with Crippen molar-refractivity contribution in [3.05, 3.63) is 40.9 Å². The maximum atomic E-state index is 5.52. The second-order valence-corrected chi connectivity index (χ2v) is 8.35. The van der Waals surface area contributed by atoms with Gasteiger partial charge >= 0.3 is 0 Å². The minimum Gasteiger partial charge on any atom is -0.493 e. The molecule has 2 aromatic carbocycles. The van der Waals surface area contributed by atoms with Crippen molar-refractivity contribution in [3.63, 3.8) is 0 Å². The molecule has 2 heterocycles. The molecule has 0 amide bonds. The number of hydrogen-bond donors (Lipinski definition) is 1. The molecule has 1 saturated heterocycles. The predicted octanol–water partition coefficient (Wildman–Crippen LogP) is 4.97. The Bertz CT molecular complexity index is 1030. The number of rotatable bonds is 7. The molecule has 4 rings (SSSR count). The van der Waals surface area contributed by atoms with E-state index >= 15 is 0 Å². The molecule has 6 nitrogen and oxygen atoms in total. The lowest BCUT2D eigenvalue weighted by Crippen LogP contribution is -2.34. The van der Waals surface area contributed by atoms with Crippen LogP contribution in [-0.2, 0) is 0 Å². The summed E-state index contributed by atoms with van der Waals surface area (Å²) in [5.74, 6) is 2.83. The second kappa shape index (κ2) is 9.18. The largest absolute Gasteiger partial charge is 0.493 e. The van der Waals surface area contributed by atoms with Crippen molar-refractivity contribution in [1.29, 1.82) is 0 Å². The Morgan fingerprint density at radius 1 is 1.10 bits per heavy atom. The summed E-state index contributed by atoms with van der Waals surface area (Å²) in [7, 11) is 3.28. The maximum Gasteiger partial charge on any atom is 0.162 e. The molecule has 158 valence electrons. The lowest BCUT2D eigenvalue weighted by atomic mass is 10.1. The molecular weight excluding hydrogens is 444 g/mol. The Labute approximate surface area is 185 Å². The minimum absolute atomic E-state index is 0.524. The zero-order chi connectivity index (χ0) is 21.1. The highest BCUT2D eigenvalue weighted by molar-refractivity contribution is 9.10. The Balaban J connectivity index is 1.77. The molecule has 1 aliphatic rings. The van der Waals surface area contributed by atoms with Crippen molar-refractivity contribution in [2.45, 2.75) is 25.8 Å². The van der Waals surface area contributed by atoms with Crippen LogP contribution in [0.5, 0.6) is 11.5 Å². The molecule has 0 saturated carbocycles. The van der Waals surface area contributed by atoms with Crippen LogP contribution in [0.25, 0.3) is 22.3 Å². The van der Waals surface area contributed by atoms with Gasteiger partial charge in [0.05, 0.1) is 19.7 Å². The highest BCUT2D eigenvalue weighted by atomic mass is 79.9. The van der Waals surface area contributed by atoms with Crippen molar-refractivity contribution in [2.75, 3.05) is 39.2 Å². The molecule has 1 fully saturated rings. The Hall–Kier alpha value is -2.38. The first kappa shape index (κ1) is 20.9. The van der Waals surface area contributed by atoms with Crippen LogP contribution < -0.4 is 14.8 Å². The smallest absolute Gasteiger partial charge is 0.162 e. The highest BCUT2D eigenvalue weighted by Crippen LogP contribution is 2.35. The Morgan fingerprint density at radius 2 is 1.83 bits per heavy atom. The van der Waals surface area contributed by atoms with Gasteiger partial charge in [0, 0.05) is 34.1 Å². The summed E-state index contributed by atoms with van der Waals surface area (Å²) in [5.41, 5.74) is 1.79. The lowest BCUT2D eigenvalue weighted by Gasteiger charge is -2.23. The Kier molecular flexibility index (Phi) is 6.39. The van der Waals surface area contributed by atoms with Crippen LogP contribution in [-0.4, -0.2) is 54.8 Å². The van der Waals surface area contributed by atoms with Gasteiger partial charge in [0.2, 0.25) is 0 Å². The van der Waals surface area contributed by atoms with Gasteiger partial charge in [-0.05, 0) is 44.1 Å². The van der Waals surface area contributed by atoms with Gasteiger partial charge in [0.1, 0.15) is 5.82 Å². The summed E-state index contributed by atoms with van der Waals surface area (Å²) in [4.78, 5) is 12.2. The molecule has 1 atom stereocenters. The number of halogens is 1. The quantitative estimate of drug-likeness (QED) is 0.525. The molecule has 0 spiro atoms. The normalized spacial score (nSPS) is 16.7. The van der Waals surface area contributed by atoms with E-state index in [-0.39, 0.29) is 0 Å². The molecule has 0 bridgehead atoms. The SMILES string of the molecule is CCN1CCCC1CNc1nc(-c2ccc(Br)cc2)nc2cc(OC)c(OC)cc12. The van der Waals surface area contributed by atoms with Crippen molar-refractivity contribution < 1.29 is 9.47 Å². The van der Waals surface area contributed by atoms with Crippen molar-refractivity contribution in [3.8, 4) is 22.9 Å². The van der Waals surface area contributed by atoms with Gasteiger partial charge in [-0.1, -0.05) is 35.0 Å². The van der Waals surface area contributed by atoms with Crippen LogP contribution in [0.15, 0.2) is 40.9 Å². The number of fused-ring (bicyclic) bond motifs is 1. The number of aromatic nitrogens is 2. The summed E-state index contributed by atoms with van der Waals surface area (Å²) >= 11 is 3.49. The van der Waals surface area contributed by atoms with Crippen LogP contribution in [0.3, 0.4) is 0 Å². The van der Waals surface area contributed by atoms with E-state index in [0.29, 0.717) is 23.4 Å². The fourth-order valence-corrected chi connectivity index (χ4v) is 4.34. The summed E-state index contributed by atoms with van der Waals surface area (Å²) in [6.07, 6.45) is 2.46. The van der Waals surface area contributed by atoms with E-state index in [1.165, 1.54) is 19.4 Å². The molecule has 0 radical (unpaired) electrons. The molecule has 0 aliphatic carbocycles. The van der Waals surface area contributed by atoms with Crippen molar-refractivity contribution in [2.24, 2.45) is 0 Å². The Morgan fingerprint density at radius 3 is 2.53 bits per heavy atom. The minimum atomic E-state index is 0.524. The van der Waals surface area contributed by atoms with Gasteiger partial charge in [-0.2, -0.15) is 0 Å². The average molecular weight is 471 g/mol. The fraction of sp³-hybridized carbons (Fsp3) is 0.391. The van der Waals surface area contributed by atoms with Crippen LogP contribution in [0.1, 0.15) is 19.8 Å². The number of likely N-dealkylation sites (N-methyl/N-ethyl adjacent to an activating group) is 1. The third kappa shape index (κ3) is 4.23. The van der Waals surface area contributed by atoms with Gasteiger partial charge in [0.15, 0.2) is 17.3 Å².